The van der Waals surface area contributed by atoms with Crippen LogP contribution in [0.1, 0.15) is 83.5 Å². The van der Waals surface area contributed by atoms with Crippen molar-refractivity contribution in [3.63, 3.8) is 0 Å². The largest absolute Gasteiger partial charge is 0.380 e. The van der Waals surface area contributed by atoms with E-state index in [9.17, 15) is 9.59 Å². The van der Waals surface area contributed by atoms with Crippen LogP contribution in [0.3, 0.4) is 0 Å². The summed E-state index contributed by atoms with van der Waals surface area (Å²) in [5.41, 5.74) is 1.46. The van der Waals surface area contributed by atoms with E-state index in [0.717, 1.165) is 43.6 Å². The van der Waals surface area contributed by atoms with E-state index in [2.05, 4.69) is 24.5 Å². The summed E-state index contributed by atoms with van der Waals surface area (Å²) in [5.74, 6) is -0.0401. The summed E-state index contributed by atoms with van der Waals surface area (Å²) in [6.07, 6.45) is 3.23. The highest BCUT2D eigenvalue weighted by Gasteiger charge is 2.04. The van der Waals surface area contributed by atoms with Crippen molar-refractivity contribution < 1.29 is 19.1 Å². The van der Waals surface area contributed by atoms with Crippen LogP contribution >= 0.6 is 22.7 Å². The van der Waals surface area contributed by atoms with E-state index in [1.165, 1.54) is 22.7 Å². The maximum absolute atomic E-state index is 11.4. The molecular formula is C25H48N2O4S2. The van der Waals surface area contributed by atoms with Gasteiger partial charge in [0, 0.05) is 48.2 Å². The Labute approximate surface area is 211 Å². The van der Waals surface area contributed by atoms with E-state index in [1.54, 1.807) is 0 Å². The van der Waals surface area contributed by atoms with E-state index in [1.807, 2.05) is 33.7 Å². The molecule has 0 saturated heterocycles. The Bertz CT molecular complexity index is 647. The zero-order valence-electron chi connectivity index (χ0n) is 17.3. The van der Waals surface area contributed by atoms with E-state index < -0.39 is 0 Å². The van der Waals surface area contributed by atoms with Crippen molar-refractivity contribution in [2.24, 2.45) is 0 Å². The lowest BCUT2D eigenvalue weighted by Gasteiger charge is -2.04. The second kappa shape index (κ2) is 26.5. The standard InChI is InChI=1S/C11H17NO2S.C10H15NO2S.4CH4/c1-2-3-6-14-7-5-12-11(13)10-4-8-15-9-10;1-2-5-13-6-4-11-10(12)9-3-7-14-8-9;;;;/h4,8-9H,2-3,5-7H2,1H3,(H,12,13);3,7-8H,2,4-6H2,1H3,(H,11,12);4*1H4. The van der Waals surface area contributed by atoms with Crippen LogP contribution in [-0.4, -0.2) is 51.3 Å². The Morgan fingerprint density at radius 3 is 1.55 bits per heavy atom. The van der Waals surface area contributed by atoms with Crippen LogP contribution in [0.25, 0.3) is 0 Å². The Morgan fingerprint density at radius 2 is 1.18 bits per heavy atom. The van der Waals surface area contributed by atoms with Crippen LogP contribution in [0.15, 0.2) is 33.7 Å². The summed E-state index contributed by atoms with van der Waals surface area (Å²) >= 11 is 3.05. The molecule has 194 valence electrons. The van der Waals surface area contributed by atoms with Gasteiger partial charge in [-0.3, -0.25) is 9.59 Å². The summed E-state index contributed by atoms with van der Waals surface area (Å²) in [6, 6.07) is 3.63. The molecule has 8 heteroatoms. The van der Waals surface area contributed by atoms with Crippen LogP contribution in [0.5, 0.6) is 0 Å². The molecule has 0 radical (unpaired) electrons. The summed E-state index contributed by atoms with van der Waals surface area (Å²) in [7, 11) is 0. The second-order valence-electron chi connectivity index (χ2n) is 6.11. The molecule has 0 atom stereocenters. The molecule has 0 aliphatic heterocycles. The number of carbonyl (C=O) groups is 2. The van der Waals surface area contributed by atoms with Gasteiger partial charge in [0.25, 0.3) is 11.8 Å². The van der Waals surface area contributed by atoms with E-state index in [4.69, 9.17) is 9.47 Å². The molecule has 33 heavy (non-hydrogen) atoms. The fourth-order valence-corrected chi connectivity index (χ4v) is 3.33. The molecule has 0 aromatic carbocycles. The molecule has 2 aromatic heterocycles. The molecule has 0 saturated carbocycles. The van der Waals surface area contributed by atoms with Crippen molar-refractivity contribution in [1.29, 1.82) is 0 Å². The highest BCUT2D eigenvalue weighted by molar-refractivity contribution is 7.08. The number of hydrogen-bond acceptors (Lipinski definition) is 6. The van der Waals surface area contributed by atoms with Crippen molar-refractivity contribution in [3.05, 3.63) is 44.8 Å². The Balaban J connectivity index is -0.000000228. The number of amides is 2. The first-order chi connectivity index (χ1) is 14.2. The van der Waals surface area contributed by atoms with Gasteiger partial charge >= 0.3 is 0 Å². The third-order valence-electron chi connectivity index (χ3n) is 3.62. The monoisotopic (exact) mass is 504 g/mol. The molecule has 0 aliphatic rings. The highest BCUT2D eigenvalue weighted by Crippen LogP contribution is 2.05. The van der Waals surface area contributed by atoms with Crippen LogP contribution < -0.4 is 10.6 Å². The number of carbonyl (C=O) groups excluding carboxylic acids is 2. The zero-order valence-corrected chi connectivity index (χ0v) is 18.9. The van der Waals surface area contributed by atoms with Crippen LogP contribution in [0.2, 0.25) is 0 Å². The van der Waals surface area contributed by atoms with Gasteiger partial charge in [0.15, 0.2) is 0 Å². The van der Waals surface area contributed by atoms with Crippen molar-refractivity contribution >= 4 is 34.5 Å². The Kier molecular flexibility index (Phi) is 30.9. The molecule has 6 nitrogen and oxygen atoms in total. The lowest BCUT2D eigenvalue weighted by Crippen LogP contribution is -2.26. The fraction of sp³-hybridized carbons (Fsp3) is 0.600. The summed E-state index contributed by atoms with van der Waals surface area (Å²) in [4.78, 5) is 22.8. The van der Waals surface area contributed by atoms with E-state index >= 15 is 0 Å². The van der Waals surface area contributed by atoms with Crippen LogP contribution in [0.4, 0.5) is 0 Å². The van der Waals surface area contributed by atoms with Gasteiger partial charge in [0.1, 0.15) is 0 Å². The van der Waals surface area contributed by atoms with Gasteiger partial charge in [0.2, 0.25) is 0 Å². The van der Waals surface area contributed by atoms with Crippen LogP contribution in [-0.2, 0) is 9.47 Å². The smallest absolute Gasteiger partial charge is 0.252 e. The summed E-state index contributed by atoms with van der Waals surface area (Å²) in [6.45, 7) is 8.07. The predicted molar refractivity (Wildman–Crippen MR) is 147 cm³/mol. The number of ether oxygens (including phenoxy) is 2. The van der Waals surface area contributed by atoms with Gasteiger partial charge in [0.05, 0.1) is 13.2 Å². The molecular weight excluding hydrogens is 456 g/mol. The van der Waals surface area contributed by atoms with Gasteiger partial charge in [-0.05, 0) is 35.7 Å². The van der Waals surface area contributed by atoms with E-state index in [0.29, 0.717) is 26.3 Å². The fourth-order valence-electron chi connectivity index (χ4n) is 2.06. The Hall–Kier alpha value is -1.74. The average molecular weight is 505 g/mol. The van der Waals surface area contributed by atoms with Gasteiger partial charge in [-0.1, -0.05) is 50.0 Å². The first-order valence-corrected chi connectivity index (χ1v) is 11.8. The maximum Gasteiger partial charge on any atom is 0.252 e. The summed E-state index contributed by atoms with van der Waals surface area (Å²) < 4.78 is 10.6. The number of hydrogen-bond donors (Lipinski definition) is 2. The maximum atomic E-state index is 11.4. The lowest BCUT2D eigenvalue weighted by atomic mass is 10.3. The zero-order chi connectivity index (χ0) is 21.2. The van der Waals surface area contributed by atoms with E-state index in [-0.39, 0.29) is 41.5 Å². The predicted octanol–water partition coefficient (Wildman–Crippen LogP) is 6.74. The topological polar surface area (TPSA) is 76.7 Å². The van der Waals surface area contributed by atoms with Gasteiger partial charge in [-0.25, -0.2) is 0 Å². The molecule has 2 heterocycles. The Morgan fingerprint density at radius 1 is 0.727 bits per heavy atom. The molecule has 2 aromatic rings. The molecule has 0 aliphatic carbocycles. The minimum atomic E-state index is -0.0219. The minimum Gasteiger partial charge on any atom is -0.380 e. The lowest BCUT2D eigenvalue weighted by molar-refractivity contribution is 0.0908. The number of unbranched alkanes of at least 4 members (excludes halogenated alkanes) is 1. The molecule has 0 bridgehead atoms. The molecule has 0 unspecified atom stereocenters. The first-order valence-electron chi connectivity index (χ1n) is 9.95. The minimum absolute atomic E-state index is 0. The van der Waals surface area contributed by atoms with Gasteiger partial charge < -0.3 is 20.1 Å². The number of nitrogens with one attached hydrogen (secondary N) is 2. The quantitative estimate of drug-likeness (QED) is 0.296. The summed E-state index contributed by atoms with van der Waals surface area (Å²) in [5, 5.41) is 13.1. The van der Waals surface area contributed by atoms with Gasteiger partial charge in [-0.2, -0.15) is 22.7 Å². The second-order valence-corrected chi connectivity index (χ2v) is 7.67. The number of rotatable bonds is 13. The SMILES string of the molecule is C.C.C.C.CCCCOCCNC(=O)c1ccsc1.CCCOCCNC(=O)c1ccsc1. The average Bonchev–Trinajstić information content (AvgIpc) is 3.45. The third kappa shape index (κ3) is 19.4. The molecule has 0 spiro atoms. The third-order valence-corrected chi connectivity index (χ3v) is 4.99. The normalized spacial score (nSPS) is 8.91. The van der Waals surface area contributed by atoms with Crippen molar-refractivity contribution in [1.82, 2.24) is 10.6 Å². The molecule has 0 fully saturated rings. The molecule has 2 N–H and O–H groups in total. The van der Waals surface area contributed by atoms with Crippen LogP contribution in [0, 0.1) is 0 Å². The van der Waals surface area contributed by atoms with Crippen molar-refractivity contribution in [2.75, 3.05) is 39.5 Å². The van der Waals surface area contributed by atoms with Crippen molar-refractivity contribution in [2.45, 2.75) is 62.8 Å². The highest BCUT2D eigenvalue weighted by atomic mass is 32.1. The molecule has 2 amide bonds. The van der Waals surface area contributed by atoms with Crippen molar-refractivity contribution in [3.8, 4) is 0 Å². The first kappa shape index (κ1) is 38.5. The number of thiophene rings is 2. The van der Waals surface area contributed by atoms with Gasteiger partial charge in [-0.15, -0.1) is 0 Å². The molecule has 2 rings (SSSR count).